The van der Waals surface area contributed by atoms with E-state index >= 15 is 0 Å². The molecule has 7 nitrogen and oxygen atoms in total. The number of aliphatic hydroxyl groups is 1. The fourth-order valence-electron chi connectivity index (χ4n) is 2.59. The normalized spacial score (nSPS) is 14.5. The molecule has 1 aromatic carbocycles. The highest BCUT2D eigenvalue weighted by Crippen LogP contribution is 2.17. The van der Waals surface area contributed by atoms with Gasteiger partial charge in [0.2, 0.25) is 0 Å². The second kappa shape index (κ2) is 12.9. The summed E-state index contributed by atoms with van der Waals surface area (Å²) in [6, 6.07) is 8.46. The number of hydrogen-bond acceptors (Lipinski definition) is 6. The fraction of sp³-hybridized carbons (Fsp3) is 0.571. The molecule has 0 saturated heterocycles. The van der Waals surface area contributed by atoms with Crippen LogP contribution < -0.4 is 5.32 Å². The first-order valence-corrected chi connectivity index (χ1v) is 9.83. The van der Waals surface area contributed by atoms with Crippen molar-refractivity contribution in [2.75, 3.05) is 32.6 Å². The summed E-state index contributed by atoms with van der Waals surface area (Å²) in [5, 5.41) is 29.1. The number of anilines is 1. The van der Waals surface area contributed by atoms with Gasteiger partial charge in [0.15, 0.2) is 6.17 Å². The van der Waals surface area contributed by atoms with E-state index in [1.807, 2.05) is 33.0 Å². The highest BCUT2D eigenvalue weighted by molar-refractivity contribution is 5.52. The van der Waals surface area contributed by atoms with E-state index in [2.05, 4.69) is 64.9 Å². The van der Waals surface area contributed by atoms with Crippen molar-refractivity contribution in [3.63, 3.8) is 0 Å². The quantitative estimate of drug-likeness (QED) is 0.246. The Morgan fingerprint density at radius 3 is 2.46 bits per heavy atom. The molecule has 0 saturated carbocycles. The number of allylic oxidation sites excluding steroid dienone is 1. The highest BCUT2D eigenvalue weighted by Gasteiger charge is 2.12. The van der Waals surface area contributed by atoms with Crippen molar-refractivity contribution < 1.29 is 5.11 Å². The molecule has 0 aromatic heterocycles. The smallest absolute Gasteiger partial charge is 0.156 e. The van der Waals surface area contributed by atoms with Crippen LogP contribution >= 0.6 is 0 Å². The highest BCUT2D eigenvalue weighted by atomic mass is 16.2. The Morgan fingerprint density at radius 1 is 1.21 bits per heavy atom. The Balaban J connectivity index is 2.64. The molecule has 1 rings (SSSR count). The van der Waals surface area contributed by atoms with Gasteiger partial charge in [0.05, 0.1) is 0 Å². The number of nitrogens with zero attached hydrogens (tertiary/aromatic N) is 5. The van der Waals surface area contributed by atoms with E-state index in [-0.39, 0.29) is 18.8 Å². The topological polar surface area (TPSA) is 75.8 Å². The second-order valence-corrected chi connectivity index (χ2v) is 6.85. The average Bonchev–Trinajstić information content (AvgIpc) is 2.70. The molecular weight excluding hydrogens is 352 g/mol. The third-order valence-corrected chi connectivity index (χ3v) is 4.65. The minimum atomic E-state index is -0.109. The van der Waals surface area contributed by atoms with Gasteiger partial charge in [-0.1, -0.05) is 29.0 Å². The fourth-order valence-corrected chi connectivity index (χ4v) is 2.59. The Hall–Kier alpha value is -2.41. The Kier molecular flexibility index (Phi) is 10.9. The van der Waals surface area contributed by atoms with Crippen LogP contribution in [0.15, 0.2) is 51.4 Å². The van der Waals surface area contributed by atoms with Gasteiger partial charge < -0.3 is 10.4 Å². The number of hydrazone groups is 1. The molecule has 0 aliphatic carbocycles. The first kappa shape index (κ1) is 23.6. The molecule has 0 aliphatic rings. The van der Waals surface area contributed by atoms with Crippen LogP contribution in [0.1, 0.15) is 39.7 Å². The summed E-state index contributed by atoms with van der Waals surface area (Å²) in [5.41, 5.74) is 3.50. The van der Waals surface area contributed by atoms with Crippen molar-refractivity contribution in [2.24, 2.45) is 15.4 Å². The Morgan fingerprint density at radius 2 is 1.89 bits per heavy atom. The van der Waals surface area contributed by atoms with Crippen molar-refractivity contribution in [3.8, 4) is 0 Å². The van der Waals surface area contributed by atoms with E-state index in [1.165, 1.54) is 5.57 Å². The number of rotatable bonds is 12. The molecule has 2 atom stereocenters. The van der Waals surface area contributed by atoms with Gasteiger partial charge in [-0.2, -0.15) is 5.10 Å². The van der Waals surface area contributed by atoms with E-state index in [1.54, 1.807) is 11.2 Å². The maximum atomic E-state index is 9.04. The summed E-state index contributed by atoms with van der Waals surface area (Å²) in [7, 11) is 3.82. The predicted octanol–water partition coefficient (Wildman–Crippen LogP) is 3.94. The molecule has 0 fully saturated rings. The summed E-state index contributed by atoms with van der Waals surface area (Å²) in [6.45, 7) is 8.99. The van der Waals surface area contributed by atoms with Gasteiger partial charge in [-0.05, 0) is 58.2 Å². The van der Waals surface area contributed by atoms with Crippen molar-refractivity contribution in [2.45, 2.75) is 52.7 Å². The van der Waals surface area contributed by atoms with Crippen molar-refractivity contribution in [1.29, 1.82) is 0 Å². The van der Waals surface area contributed by atoms with E-state index in [9.17, 15) is 0 Å². The average molecular weight is 389 g/mol. The van der Waals surface area contributed by atoms with Gasteiger partial charge in [-0.3, -0.25) is 10.0 Å². The molecule has 156 valence electrons. The zero-order valence-corrected chi connectivity index (χ0v) is 18.1. The molecule has 7 heteroatoms. The van der Waals surface area contributed by atoms with Gasteiger partial charge in [0, 0.05) is 45.2 Å². The number of nitrogens with one attached hydrogen (secondary N) is 1. The number of benzene rings is 1. The third kappa shape index (κ3) is 8.52. The van der Waals surface area contributed by atoms with Gasteiger partial charge in [-0.25, -0.2) is 0 Å². The maximum absolute atomic E-state index is 9.04. The minimum Gasteiger partial charge on any atom is -0.396 e. The van der Waals surface area contributed by atoms with Crippen LogP contribution in [0.4, 0.5) is 5.69 Å². The number of hydrogen-bond donors (Lipinski definition) is 2. The zero-order chi connectivity index (χ0) is 20.9. The first-order valence-electron chi connectivity index (χ1n) is 9.83. The molecule has 2 unspecified atom stereocenters. The summed E-state index contributed by atoms with van der Waals surface area (Å²) in [6.07, 6.45) is 5.36. The molecule has 2 N–H and O–H groups in total. The summed E-state index contributed by atoms with van der Waals surface area (Å²) >= 11 is 0. The van der Waals surface area contributed by atoms with Crippen LogP contribution in [0.2, 0.25) is 0 Å². The lowest BCUT2D eigenvalue weighted by Crippen LogP contribution is -2.27. The second-order valence-electron chi connectivity index (χ2n) is 6.85. The Labute approximate surface area is 169 Å². The summed E-state index contributed by atoms with van der Waals surface area (Å²) in [4.78, 5) is 0. The van der Waals surface area contributed by atoms with Crippen molar-refractivity contribution in [3.05, 3.63) is 41.5 Å². The maximum Gasteiger partial charge on any atom is 0.156 e. The molecule has 0 amide bonds. The van der Waals surface area contributed by atoms with Gasteiger partial charge in [0.1, 0.15) is 0 Å². The molecule has 0 spiro atoms. The van der Waals surface area contributed by atoms with Crippen LogP contribution in [-0.4, -0.2) is 60.8 Å². The summed E-state index contributed by atoms with van der Waals surface area (Å²) in [5.74, 6) is 0. The van der Waals surface area contributed by atoms with E-state index < -0.39 is 0 Å². The zero-order valence-electron chi connectivity index (χ0n) is 18.1. The first-order chi connectivity index (χ1) is 13.4. The number of aliphatic hydroxyl groups excluding tert-OH is 1. The standard InChI is InChI=1S/C21H36N6O/c1-7-17(3)21(23-20-11-9-19(10-12-20)14-16-28)13-15-26(5)25-24-18(4)27(6)22-8-2/h7-12,18,21,23,28H,13-16H2,1-6H3/b17-7+,22-8-,25-24-. The molecule has 0 bridgehead atoms. The molecule has 0 radical (unpaired) electrons. The van der Waals surface area contributed by atoms with Crippen LogP contribution in [0, 0.1) is 0 Å². The van der Waals surface area contributed by atoms with Crippen LogP contribution in [-0.2, 0) is 6.42 Å². The molecule has 1 aromatic rings. The van der Waals surface area contributed by atoms with E-state index in [4.69, 9.17) is 5.11 Å². The third-order valence-electron chi connectivity index (χ3n) is 4.65. The van der Waals surface area contributed by atoms with Crippen molar-refractivity contribution in [1.82, 2.24) is 10.0 Å². The lowest BCUT2D eigenvalue weighted by Gasteiger charge is -2.23. The monoisotopic (exact) mass is 388 g/mol. The van der Waals surface area contributed by atoms with Crippen LogP contribution in [0.5, 0.6) is 0 Å². The molecule has 28 heavy (non-hydrogen) atoms. The lowest BCUT2D eigenvalue weighted by atomic mass is 10.0. The minimum absolute atomic E-state index is 0.109. The predicted molar refractivity (Wildman–Crippen MR) is 118 cm³/mol. The van der Waals surface area contributed by atoms with Crippen molar-refractivity contribution >= 4 is 11.9 Å². The summed E-state index contributed by atoms with van der Waals surface area (Å²) < 4.78 is 0. The molecule has 0 aliphatic heterocycles. The van der Waals surface area contributed by atoms with Gasteiger partial charge in [0.25, 0.3) is 0 Å². The SMILES string of the molecule is C/C=N\N(C)C(C)/N=N\N(C)CCC(Nc1ccc(CCO)cc1)/C(C)=C/C. The van der Waals surface area contributed by atoms with Gasteiger partial charge >= 0.3 is 0 Å². The largest absolute Gasteiger partial charge is 0.396 e. The lowest BCUT2D eigenvalue weighted by molar-refractivity contribution is 0.239. The molecule has 0 heterocycles. The van der Waals surface area contributed by atoms with Crippen LogP contribution in [0.25, 0.3) is 0 Å². The van der Waals surface area contributed by atoms with E-state index in [0.717, 1.165) is 24.2 Å². The van der Waals surface area contributed by atoms with Crippen LogP contribution in [0.3, 0.4) is 0 Å². The molecular formula is C21H36N6O. The van der Waals surface area contributed by atoms with E-state index in [0.29, 0.717) is 6.42 Å². The Bertz CT molecular complexity index is 641. The van der Waals surface area contributed by atoms with Gasteiger partial charge in [-0.15, -0.1) is 5.11 Å².